The summed E-state index contributed by atoms with van der Waals surface area (Å²) in [5.41, 5.74) is 6.83. The Bertz CT molecular complexity index is 1190. The number of morpholine rings is 1. The number of aryl methyl sites for hydroxylation is 1. The smallest absolute Gasteiger partial charge is 0.266 e. The average Bonchev–Trinajstić information content (AvgIpc) is 2.80. The van der Waals surface area contributed by atoms with Crippen LogP contribution >= 0.6 is 0 Å². The summed E-state index contributed by atoms with van der Waals surface area (Å²) in [6.07, 6.45) is -2.97. The average molecular weight is 476 g/mol. The van der Waals surface area contributed by atoms with E-state index >= 15 is 0 Å². The molecule has 0 saturated carbocycles. The Morgan fingerprint density at radius 1 is 1.15 bits per heavy atom. The molecule has 0 bridgehead atoms. The van der Waals surface area contributed by atoms with E-state index in [1.54, 1.807) is 21.0 Å². The fraction of sp³-hybridized carbons (Fsp3) is 0.417. The van der Waals surface area contributed by atoms with Gasteiger partial charge in [0.05, 0.1) is 37.4 Å². The molecule has 0 amide bonds. The molecular weight excluding hydrogens is 447 g/mol. The summed E-state index contributed by atoms with van der Waals surface area (Å²) in [4.78, 5) is 11.3. The van der Waals surface area contributed by atoms with Gasteiger partial charge >= 0.3 is 0 Å². The SMILES string of the molecule is COc1cc2c(N[C@H](C)c3cc(N)cc(C(F)F)c3F)nc(C)nc2cc1CN1CCOCC1. The van der Waals surface area contributed by atoms with Gasteiger partial charge in [0.1, 0.15) is 23.2 Å². The molecule has 2 heterocycles. The van der Waals surface area contributed by atoms with Gasteiger partial charge in [0.25, 0.3) is 6.43 Å². The van der Waals surface area contributed by atoms with Gasteiger partial charge in [0, 0.05) is 41.8 Å². The Morgan fingerprint density at radius 2 is 1.85 bits per heavy atom. The van der Waals surface area contributed by atoms with Crippen molar-refractivity contribution in [3.63, 3.8) is 0 Å². The first-order valence-electron chi connectivity index (χ1n) is 11.1. The summed E-state index contributed by atoms with van der Waals surface area (Å²) in [5.74, 6) is 0.666. The third-order valence-corrected chi connectivity index (χ3v) is 5.91. The van der Waals surface area contributed by atoms with Crippen LogP contribution in [-0.2, 0) is 11.3 Å². The van der Waals surface area contributed by atoms with Crippen LogP contribution in [0.2, 0.25) is 0 Å². The van der Waals surface area contributed by atoms with E-state index in [-0.39, 0.29) is 11.3 Å². The van der Waals surface area contributed by atoms with E-state index in [0.717, 1.165) is 24.7 Å². The maximum Gasteiger partial charge on any atom is 0.266 e. The van der Waals surface area contributed by atoms with Crippen molar-refractivity contribution in [2.75, 3.05) is 44.5 Å². The lowest BCUT2D eigenvalue weighted by Crippen LogP contribution is -2.35. The van der Waals surface area contributed by atoms with Crippen molar-refractivity contribution in [3.8, 4) is 5.75 Å². The van der Waals surface area contributed by atoms with E-state index in [2.05, 4.69) is 20.2 Å². The molecule has 0 unspecified atom stereocenters. The predicted molar refractivity (Wildman–Crippen MR) is 125 cm³/mol. The van der Waals surface area contributed by atoms with Crippen LogP contribution in [0.5, 0.6) is 5.75 Å². The largest absolute Gasteiger partial charge is 0.496 e. The highest BCUT2D eigenvalue weighted by molar-refractivity contribution is 5.91. The highest BCUT2D eigenvalue weighted by Gasteiger charge is 2.22. The Balaban J connectivity index is 1.70. The van der Waals surface area contributed by atoms with Crippen LogP contribution in [0.25, 0.3) is 10.9 Å². The zero-order valence-electron chi connectivity index (χ0n) is 19.4. The highest BCUT2D eigenvalue weighted by atomic mass is 19.3. The van der Waals surface area contributed by atoms with Crippen molar-refractivity contribution in [1.82, 2.24) is 14.9 Å². The molecule has 0 spiro atoms. The summed E-state index contributed by atoms with van der Waals surface area (Å²) in [5, 5.41) is 3.83. The second kappa shape index (κ2) is 10.0. The van der Waals surface area contributed by atoms with Gasteiger partial charge in [-0.15, -0.1) is 0 Å². The standard InChI is InChI=1S/C24H28F3N5O2/c1-13(17-9-16(28)10-19(22(17)25)23(26)27)29-24-18-11-21(33-3)15(8-20(18)30-14(2)31-24)12-32-4-6-34-7-5-32/h8-11,13,23H,4-7,12,28H2,1-3H3,(H,29,30,31)/t13-/m1/s1. The molecule has 7 nitrogen and oxygen atoms in total. The lowest BCUT2D eigenvalue weighted by molar-refractivity contribution is 0.0339. The number of alkyl halides is 2. The number of nitrogens with two attached hydrogens (primary N) is 1. The molecule has 0 aliphatic carbocycles. The number of anilines is 2. The Kier molecular flexibility index (Phi) is 7.08. The van der Waals surface area contributed by atoms with Crippen molar-refractivity contribution in [1.29, 1.82) is 0 Å². The van der Waals surface area contributed by atoms with E-state index in [1.165, 1.54) is 6.07 Å². The van der Waals surface area contributed by atoms with Gasteiger partial charge in [0.15, 0.2) is 0 Å². The van der Waals surface area contributed by atoms with Crippen molar-refractivity contribution in [2.24, 2.45) is 0 Å². The lowest BCUT2D eigenvalue weighted by Gasteiger charge is -2.27. The predicted octanol–water partition coefficient (Wildman–Crippen LogP) is 4.61. The number of hydrogen-bond donors (Lipinski definition) is 2. The minimum absolute atomic E-state index is 0.0376. The van der Waals surface area contributed by atoms with Gasteiger partial charge in [-0.3, -0.25) is 4.90 Å². The summed E-state index contributed by atoms with van der Waals surface area (Å²) in [6, 6.07) is 5.44. The molecule has 0 radical (unpaired) electrons. The van der Waals surface area contributed by atoms with Crippen LogP contribution in [0.3, 0.4) is 0 Å². The van der Waals surface area contributed by atoms with Crippen molar-refractivity contribution in [2.45, 2.75) is 32.9 Å². The molecule has 34 heavy (non-hydrogen) atoms. The summed E-state index contributed by atoms with van der Waals surface area (Å²) < 4.78 is 52.4. The van der Waals surface area contributed by atoms with Crippen LogP contribution in [0.1, 0.15) is 41.9 Å². The van der Waals surface area contributed by atoms with Crippen LogP contribution in [-0.4, -0.2) is 48.3 Å². The second-order valence-corrected chi connectivity index (χ2v) is 8.37. The van der Waals surface area contributed by atoms with Crippen molar-refractivity contribution < 1.29 is 22.6 Å². The monoisotopic (exact) mass is 475 g/mol. The van der Waals surface area contributed by atoms with Gasteiger partial charge in [-0.2, -0.15) is 0 Å². The number of nitrogen functional groups attached to an aromatic ring is 1. The van der Waals surface area contributed by atoms with Gasteiger partial charge < -0.3 is 20.5 Å². The first-order chi connectivity index (χ1) is 16.3. The number of aromatic nitrogens is 2. The van der Waals surface area contributed by atoms with E-state index in [4.69, 9.17) is 15.2 Å². The van der Waals surface area contributed by atoms with Crippen LogP contribution in [0.4, 0.5) is 24.7 Å². The number of halogens is 3. The quantitative estimate of drug-likeness (QED) is 0.483. The normalized spacial score (nSPS) is 15.6. The Hall–Kier alpha value is -3.11. The molecule has 1 atom stereocenters. The molecule has 1 aliphatic heterocycles. The van der Waals surface area contributed by atoms with Crippen molar-refractivity contribution >= 4 is 22.4 Å². The number of nitrogens with zero attached hydrogens (tertiary/aromatic N) is 3. The summed E-state index contributed by atoms with van der Waals surface area (Å²) in [7, 11) is 1.60. The molecule has 4 rings (SSSR count). The van der Waals surface area contributed by atoms with Gasteiger partial charge in [-0.25, -0.2) is 23.1 Å². The van der Waals surface area contributed by atoms with Crippen molar-refractivity contribution in [3.05, 3.63) is 52.6 Å². The zero-order valence-corrected chi connectivity index (χ0v) is 19.4. The topological polar surface area (TPSA) is 85.5 Å². The molecule has 182 valence electrons. The number of hydrogen-bond acceptors (Lipinski definition) is 7. The third kappa shape index (κ3) is 5.02. The molecule has 3 N–H and O–H groups in total. The third-order valence-electron chi connectivity index (χ3n) is 5.91. The molecule has 10 heteroatoms. The zero-order chi connectivity index (χ0) is 24.4. The fourth-order valence-electron chi connectivity index (χ4n) is 4.19. The molecule has 1 aromatic heterocycles. The number of benzene rings is 2. The first kappa shape index (κ1) is 24.0. The minimum Gasteiger partial charge on any atom is -0.496 e. The summed E-state index contributed by atoms with van der Waals surface area (Å²) in [6.45, 7) is 7.17. The molecule has 2 aromatic carbocycles. The van der Waals surface area contributed by atoms with E-state index in [1.807, 2.05) is 12.1 Å². The number of fused-ring (bicyclic) bond motifs is 1. The lowest BCUT2D eigenvalue weighted by atomic mass is 10.0. The number of nitrogens with one attached hydrogen (secondary N) is 1. The fourth-order valence-corrected chi connectivity index (χ4v) is 4.19. The molecule has 1 fully saturated rings. The first-order valence-corrected chi connectivity index (χ1v) is 11.1. The van der Waals surface area contributed by atoms with Crippen LogP contribution < -0.4 is 15.8 Å². The van der Waals surface area contributed by atoms with Gasteiger partial charge in [0.2, 0.25) is 0 Å². The van der Waals surface area contributed by atoms with Gasteiger partial charge in [-0.1, -0.05) is 0 Å². The molecule has 1 aliphatic rings. The van der Waals surface area contributed by atoms with E-state index in [9.17, 15) is 13.2 Å². The highest BCUT2D eigenvalue weighted by Crippen LogP contribution is 2.34. The number of ether oxygens (including phenoxy) is 2. The van der Waals surface area contributed by atoms with Gasteiger partial charge in [-0.05, 0) is 38.1 Å². The maximum absolute atomic E-state index is 14.8. The van der Waals surface area contributed by atoms with E-state index in [0.29, 0.717) is 48.1 Å². The molecule has 1 saturated heterocycles. The number of rotatable bonds is 7. The molecular formula is C24H28F3N5O2. The maximum atomic E-state index is 14.8. The second-order valence-electron chi connectivity index (χ2n) is 8.37. The minimum atomic E-state index is -2.97. The van der Waals surface area contributed by atoms with E-state index < -0.39 is 23.8 Å². The number of methoxy groups -OCH3 is 1. The molecule has 3 aromatic rings. The summed E-state index contributed by atoms with van der Waals surface area (Å²) >= 11 is 0. The van der Waals surface area contributed by atoms with Crippen LogP contribution in [0.15, 0.2) is 24.3 Å². The van der Waals surface area contributed by atoms with Crippen LogP contribution in [0, 0.1) is 12.7 Å². The Morgan fingerprint density at radius 3 is 2.53 bits per heavy atom. The Labute approximate surface area is 196 Å².